The molecule has 0 saturated heterocycles. The Balaban J connectivity index is 4.03. The average molecular weight is 1300 g/mol. The second-order valence-electron chi connectivity index (χ2n) is 27.3. The van der Waals surface area contributed by atoms with Crippen molar-refractivity contribution in [1.82, 2.24) is 0 Å². The molecule has 2 atom stereocenters. The van der Waals surface area contributed by atoms with Crippen molar-refractivity contribution < 1.29 is 42.9 Å². The predicted octanol–water partition coefficient (Wildman–Crippen LogP) is 23.6. The van der Waals surface area contributed by atoms with Gasteiger partial charge in [-0.15, -0.1) is 0 Å². The number of nitrogens with zero attached hydrogens (tertiary/aromatic N) is 1. The topological polar surface area (TPSA) is 111 Å². The molecule has 9 heteroatoms. The zero-order valence-electron chi connectivity index (χ0n) is 61.4. The molecule has 0 saturated carbocycles. The Labute approximate surface area is 575 Å². The Hall–Kier alpha value is -4.05. The number of carboxylic acids is 1. The standard InChI is InChI=1S/C84H147NO8/c1-6-8-10-12-14-16-18-20-22-24-26-28-30-32-34-36-37-38-39-40-41-42-43-44-45-47-49-51-53-55-57-59-61-63-65-67-69-71-73-75-82(87)93-80(79-92-84(83(88)89)90-77-76-85(3,4)5)78-91-81(86)74-72-70-68-66-64-62-60-58-56-54-52-50-48-46-35-33-31-29-27-25-23-21-19-17-15-13-11-9-7-2/h8,10,14,16,19-22,25-28,32,34,37-38,40-41,80,84H,6-7,9,11-13,15,17-18,23-24,29-31,33,35-36,39,42-79H2,1-5H3/b10-8-,16-14-,21-19-,22-20-,27-25-,28-26-,34-32-,38-37-,41-40-. The summed E-state index contributed by atoms with van der Waals surface area (Å²) < 4.78 is 22.9. The predicted molar refractivity (Wildman–Crippen MR) is 398 cm³/mol. The third-order valence-corrected chi connectivity index (χ3v) is 17.0. The molecule has 0 aliphatic carbocycles. The number of hydrogen-bond donors (Lipinski definition) is 0. The quantitative estimate of drug-likeness (QED) is 0.0195. The van der Waals surface area contributed by atoms with E-state index < -0.39 is 24.3 Å². The van der Waals surface area contributed by atoms with Gasteiger partial charge in [0.1, 0.15) is 13.2 Å². The number of ether oxygens (including phenoxy) is 4. The van der Waals surface area contributed by atoms with Gasteiger partial charge in [-0.2, -0.15) is 0 Å². The van der Waals surface area contributed by atoms with Crippen molar-refractivity contribution >= 4 is 17.9 Å². The van der Waals surface area contributed by atoms with Gasteiger partial charge in [-0.25, -0.2) is 0 Å². The van der Waals surface area contributed by atoms with Crippen molar-refractivity contribution in [2.24, 2.45) is 0 Å². The van der Waals surface area contributed by atoms with Crippen LogP contribution in [0.1, 0.15) is 348 Å². The monoisotopic (exact) mass is 1300 g/mol. The van der Waals surface area contributed by atoms with Gasteiger partial charge in [-0.05, 0) is 103 Å². The van der Waals surface area contributed by atoms with Gasteiger partial charge in [0.25, 0.3) is 0 Å². The maximum absolute atomic E-state index is 13.0. The van der Waals surface area contributed by atoms with Crippen LogP contribution in [0.3, 0.4) is 0 Å². The first-order valence-corrected chi connectivity index (χ1v) is 39.0. The Morgan fingerprint density at radius 3 is 0.914 bits per heavy atom. The fourth-order valence-corrected chi connectivity index (χ4v) is 11.1. The first kappa shape index (κ1) is 89.0. The Morgan fingerprint density at radius 1 is 0.333 bits per heavy atom. The third-order valence-electron chi connectivity index (χ3n) is 17.0. The average Bonchev–Trinajstić information content (AvgIpc) is 3.38. The van der Waals surface area contributed by atoms with Crippen LogP contribution in [0.15, 0.2) is 109 Å². The first-order chi connectivity index (χ1) is 45.6. The molecule has 9 nitrogen and oxygen atoms in total. The molecule has 0 bridgehead atoms. The van der Waals surface area contributed by atoms with Crippen molar-refractivity contribution in [3.63, 3.8) is 0 Å². The highest BCUT2D eigenvalue weighted by atomic mass is 16.7. The number of aliphatic carboxylic acids is 1. The van der Waals surface area contributed by atoms with Crippen molar-refractivity contribution in [3.8, 4) is 0 Å². The number of allylic oxidation sites excluding steroid dienone is 18. The lowest BCUT2D eigenvalue weighted by Gasteiger charge is -2.26. The second-order valence-corrected chi connectivity index (χ2v) is 27.3. The van der Waals surface area contributed by atoms with Gasteiger partial charge in [0, 0.05) is 12.8 Å². The number of quaternary nitrogens is 1. The molecule has 0 heterocycles. The SMILES string of the molecule is CC/C=C\C/C=C\C/C=C\C/C=C\C/C=C\C/C=C\C/C=C\CCCCCCCCCCCCCCCCCCCC(=O)OC(COC(=O)CCCCCCCCCCCCCCCCCCC/C=C\C/C=C\CCCCCCC)COC(OCC[N+](C)(C)C)C(=O)[O-]. The summed E-state index contributed by atoms with van der Waals surface area (Å²) in [5.41, 5.74) is 0. The summed E-state index contributed by atoms with van der Waals surface area (Å²) in [5, 5.41) is 11.9. The smallest absolute Gasteiger partial charge is 0.306 e. The maximum atomic E-state index is 13.0. The molecule has 0 aromatic carbocycles. The lowest BCUT2D eigenvalue weighted by molar-refractivity contribution is -0.870. The van der Waals surface area contributed by atoms with Gasteiger partial charge in [-0.1, -0.05) is 342 Å². The van der Waals surface area contributed by atoms with Crippen LogP contribution < -0.4 is 5.11 Å². The summed E-state index contributed by atoms with van der Waals surface area (Å²) in [7, 11) is 5.94. The summed E-state index contributed by atoms with van der Waals surface area (Å²) in [4.78, 5) is 37.6. The maximum Gasteiger partial charge on any atom is 0.306 e. The van der Waals surface area contributed by atoms with Crippen LogP contribution in [0, 0.1) is 0 Å². The lowest BCUT2D eigenvalue weighted by Crippen LogP contribution is -2.44. The minimum Gasteiger partial charge on any atom is -0.545 e. The molecule has 0 spiro atoms. The fourth-order valence-electron chi connectivity index (χ4n) is 11.1. The number of carbonyl (C=O) groups excluding carboxylic acids is 3. The zero-order valence-corrected chi connectivity index (χ0v) is 61.4. The van der Waals surface area contributed by atoms with Crippen LogP contribution in [0.25, 0.3) is 0 Å². The number of hydrogen-bond acceptors (Lipinski definition) is 8. The molecule has 0 fully saturated rings. The molecule has 0 N–H and O–H groups in total. The van der Waals surface area contributed by atoms with Crippen molar-refractivity contribution in [1.29, 1.82) is 0 Å². The molecule has 0 aromatic heterocycles. The normalized spacial score (nSPS) is 13.3. The number of rotatable bonds is 72. The van der Waals surface area contributed by atoms with E-state index >= 15 is 0 Å². The van der Waals surface area contributed by atoms with E-state index in [1.807, 2.05) is 21.1 Å². The third kappa shape index (κ3) is 75.2. The molecule has 0 aromatic rings. The van der Waals surface area contributed by atoms with E-state index in [1.54, 1.807) is 0 Å². The molecule has 0 radical (unpaired) electrons. The molecule has 0 amide bonds. The Bertz CT molecular complexity index is 1900. The van der Waals surface area contributed by atoms with Gasteiger partial charge < -0.3 is 33.3 Å². The van der Waals surface area contributed by atoms with Crippen molar-refractivity contribution in [3.05, 3.63) is 109 Å². The minimum absolute atomic E-state index is 0.146. The lowest BCUT2D eigenvalue weighted by atomic mass is 10.0. The number of esters is 2. The molecular formula is C84H147NO8. The van der Waals surface area contributed by atoms with E-state index in [9.17, 15) is 19.5 Å². The summed E-state index contributed by atoms with van der Waals surface area (Å²) in [6, 6.07) is 0. The summed E-state index contributed by atoms with van der Waals surface area (Å²) in [5.74, 6) is -2.27. The van der Waals surface area contributed by atoms with E-state index in [-0.39, 0.29) is 32.2 Å². The molecule has 93 heavy (non-hydrogen) atoms. The minimum atomic E-state index is -1.63. The van der Waals surface area contributed by atoms with Gasteiger partial charge >= 0.3 is 11.9 Å². The summed E-state index contributed by atoms with van der Waals surface area (Å²) in [6.07, 6.45) is 101. The van der Waals surface area contributed by atoms with Crippen molar-refractivity contribution in [2.45, 2.75) is 360 Å². The van der Waals surface area contributed by atoms with Gasteiger partial charge in [0.2, 0.25) is 0 Å². The number of carboxylic acid groups (broad SMARTS) is 1. The van der Waals surface area contributed by atoms with Crippen LogP contribution in [0.2, 0.25) is 0 Å². The van der Waals surface area contributed by atoms with Crippen LogP contribution in [0.4, 0.5) is 0 Å². The first-order valence-electron chi connectivity index (χ1n) is 39.0. The number of likely N-dealkylation sites (N-methyl/N-ethyl adjacent to an activating group) is 1. The van der Waals surface area contributed by atoms with Crippen molar-refractivity contribution in [2.75, 3.05) is 47.5 Å². The van der Waals surface area contributed by atoms with Gasteiger partial charge in [-0.3, -0.25) is 9.59 Å². The highest BCUT2D eigenvalue weighted by Gasteiger charge is 2.22. The molecule has 2 unspecified atom stereocenters. The Morgan fingerprint density at radius 2 is 0.613 bits per heavy atom. The molecular weight excluding hydrogens is 1150 g/mol. The number of unbranched alkanes of at least 4 members (excludes halogenated alkanes) is 39. The van der Waals surface area contributed by atoms with E-state index in [1.165, 1.54) is 231 Å². The zero-order chi connectivity index (χ0) is 67.5. The molecule has 0 aliphatic heterocycles. The number of carbonyl (C=O) groups is 3. The van der Waals surface area contributed by atoms with Crippen LogP contribution in [-0.4, -0.2) is 82.3 Å². The summed E-state index contributed by atoms with van der Waals surface area (Å²) >= 11 is 0. The fraction of sp³-hybridized carbons (Fsp3) is 0.750. The second kappa shape index (κ2) is 73.8. The highest BCUT2D eigenvalue weighted by Crippen LogP contribution is 2.18. The van der Waals surface area contributed by atoms with Gasteiger partial charge in [0.05, 0.1) is 40.3 Å². The molecule has 0 rings (SSSR count). The van der Waals surface area contributed by atoms with E-state index in [0.717, 1.165) is 83.5 Å². The van der Waals surface area contributed by atoms with E-state index in [2.05, 4.69) is 123 Å². The summed E-state index contributed by atoms with van der Waals surface area (Å²) in [6.45, 7) is 4.66. The van der Waals surface area contributed by atoms with Gasteiger partial charge in [0.15, 0.2) is 12.4 Å². The molecule has 0 aliphatic rings. The highest BCUT2D eigenvalue weighted by molar-refractivity contribution is 5.70. The van der Waals surface area contributed by atoms with Crippen LogP contribution in [-0.2, 0) is 33.3 Å². The van der Waals surface area contributed by atoms with Crippen LogP contribution in [0.5, 0.6) is 0 Å². The van der Waals surface area contributed by atoms with Crippen LogP contribution >= 0.6 is 0 Å². The van der Waals surface area contributed by atoms with E-state index in [0.29, 0.717) is 23.9 Å². The largest absolute Gasteiger partial charge is 0.545 e. The molecule has 536 valence electrons. The van der Waals surface area contributed by atoms with E-state index in [4.69, 9.17) is 18.9 Å². The Kier molecular flexibility index (Phi) is 70.5.